The van der Waals surface area contributed by atoms with Crippen LogP contribution in [0.5, 0.6) is 0 Å². The van der Waals surface area contributed by atoms with E-state index in [9.17, 15) is 0 Å². The van der Waals surface area contributed by atoms with Crippen LogP contribution in [0.3, 0.4) is 0 Å². The summed E-state index contributed by atoms with van der Waals surface area (Å²) >= 11 is 12.4. The van der Waals surface area contributed by atoms with Crippen LogP contribution in [0.25, 0.3) is 5.69 Å². The Kier molecular flexibility index (Phi) is 6.84. The Labute approximate surface area is 201 Å². The van der Waals surface area contributed by atoms with Gasteiger partial charge in [0.2, 0.25) is 0 Å². The third-order valence-electron chi connectivity index (χ3n) is 6.08. The predicted octanol–water partition coefficient (Wildman–Crippen LogP) is 5.07. The van der Waals surface area contributed by atoms with E-state index in [-0.39, 0.29) is 12.1 Å². The zero-order valence-corrected chi connectivity index (χ0v) is 20.6. The number of nitrogens with zero attached hydrogens (tertiary/aromatic N) is 4. The minimum absolute atomic E-state index is 0.0109. The van der Waals surface area contributed by atoms with Gasteiger partial charge in [-0.15, -0.1) is 0 Å². The first kappa shape index (κ1) is 22.8. The maximum Gasteiger partial charge on any atom is 0.170 e. The molecule has 2 atom stereocenters. The second-order valence-corrected chi connectivity index (χ2v) is 9.38. The van der Waals surface area contributed by atoms with Crippen molar-refractivity contribution in [2.75, 3.05) is 27.2 Å². The summed E-state index contributed by atoms with van der Waals surface area (Å²) in [6.07, 6.45) is 2.88. The van der Waals surface area contributed by atoms with Crippen LogP contribution in [0.4, 0.5) is 0 Å². The summed E-state index contributed by atoms with van der Waals surface area (Å²) in [5.74, 6) is 0. The highest BCUT2D eigenvalue weighted by Gasteiger charge is 2.41. The van der Waals surface area contributed by atoms with E-state index >= 15 is 0 Å². The lowest BCUT2D eigenvalue weighted by molar-refractivity contribution is 0.292. The van der Waals surface area contributed by atoms with Crippen molar-refractivity contribution >= 4 is 28.9 Å². The number of hydrogen-bond donors (Lipinski definition) is 1. The van der Waals surface area contributed by atoms with Gasteiger partial charge >= 0.3 is 0 Å². The van der Waals surface area contributed by atoms with Crippen molar-refractivity contribution in [2.45, 2.75) is 32.4 Å². The molecule has 168 valence electrons. The monoisotopic (exact) mass is 467 g/mol. The van der Waals surface area contributed by atoms with Gasteiger partial charge in [0.25, 0.3) is 0 Å². The Morgan fingerprint density at radius 3 is 2.56 bits per heavy atom. The highest BCUT2D eigenvalue weighted by Crippen LogP contribution is 2.41. The van der Waals surface area contributed by atoms with E-state index in [0.717, 1.165) is 46.7 Å². The quantitative estimate of drug-likeness (QED) is 0.491. The van der Waals surface area contributed by atoms with E-state index in [1.54, 1.807) is 0 Å². The van der Waals surface area contributed by atoms with Crippen molar-refractivity contribution in [1.82, 2.24) is 24.7 Å². The largest absolute Gasteiger partial charge is 0.352 e. The smallest absolute Gasteiger partial charge is 0.170 e. The van der Waals surface area contributed by atoms with Crippen LogP contribution >= 0.6 is 23.8 Å². The lowest BCUT2D eigenvalue weighted by Crippen LogP contribution is -2.32. The minimum Gasteiger partial charge on any atom is -0.352 e. The standard InChI is InChI=1S/C25H30ClN5S/c1-17-16-19(18(2)31(17)22-12-6-5-10-20(22)26)24-23(21-11-7-8-13-27-21)28-25(32)30(24)15-9-14-29(3)4/h5-8,10-13,16,23-24H,9,14-15H2,1-4H3,(H,28,32). The van der Waals surface area contributed by atoms with Crippen molar-refractivity contribution in [1.29, 1.82) is 0 Å². The average Bonchev–Trinajstić information content (AvgIpc) is 3.24. The van der Waals surface area contributed by atoms with Gasteiger partial charge in [0, 0.05) is 24.1 Å². The van der Waals surface area contributed by atoms with E-state index in [4.69, 9.17) is 23.8 Å². The number of nitrogens with one attached hydrogen (secondary N) is 1. The first-order valence-electron chi connectivity index (χ1n) is 10.9. The highest BCUT2D eigenvalue weighted by molar-refractivity contribution is 7.80. The lowest BCUT2D eigenvalue weighted by atomic mass is 9.96. The Morgan fingerprint density at radius 1 is 1.12 bits per heavy atom. The Bertz CT molecular complexity index is 1090. The first-order valence-corrected chi connectivity index (χ1v) is 11.7. The van der Waals surface area contributed by atoms with Crippen molar-refractivity contribution in [3.05, 3.63) is 82.4 Å². The van der Waals surface area contributed by atoms with E-state index in [1.165, 1.54) is 11.3 Å². The van der Waals surface area contributed by atoms with Crippen LogP contribution in [0, 0.1) is 13.8 Å². The normalized spacial score (nSPS) is 18.4. The molecule has 1 aliphatic rings. The molecule has 7 heteroatoms. The number of pyridine rings is 1. The van der Waals surface area contributed by atoms with Crippen LogP contribution in [-0.2, 0) is 0 Å². The molecule has 1 fully saturated rings. The van der Waals surface area contributed by atoms with E-state index in [0.29, 0.717) is 0 Å². The summed E-state index contributed by atoms with van der Waals surface area (Å²) < 4.78 is 2.24. The van der Waals surface area contributed by atoms with Gasteiger partial charge in [-0.3, -0.25) is 4.98 Å². The molecular formula is C25H30ClN5S. The maximum atomic E-state index is 6.57. The van der Waals surface area contributed by atoms with Gasteiger partial charge in [-0.25, -0.2) is 0 Å². The van der Waals surface area contributed by atoms with Crippen LogP contribution in [0.1, 0.15) is 41.1 Å². The number of hydrogen-bond acceptors (Lipinski definition) is 3. The van der Waals surface area contributed by atoms with Gasteiger partial charge in [-0.1, -0.05) is 29.8 Å². The molecule has 0 amide bonds. The number of halogens is 1. The van der Waals surface area contributed by atoms with Gasteiger partial charge in [-0.05, 0) is 89.0 Å². The third-order valence-corrected chi connectivity index (χ3v) is 6.76. The van der Waals surface area contributed by atoms with Crippen LogP contribution in [-0.4, -0.2) is 51.6 Å². The molecule has 5 nitrogen and oxygen atoms in total. The molecule has 2 aromatic heterocycles. The Morgan fingerprint density at radius 2 is 1.88 bits per heavy atom. The van der Waals surface area contributed by atoms with Crippen LogP contribution < -0.4 is 5.32 Å². The van der Waals surface area contributed by atoms with E-state index in [1.807, 2.05) is 36.5 Å². The molecule has 2 unspecified atom stereocenters. The zero-order chi connectivity index (χ0) is 22.8. The van der Waals surface area contributed by atoms with Crippen LogP contribution in [0.15, 0.2) is 54.7 Å². The number of para-hydroxylation sites is 1. The molecule has 0 saturated carbocycles. The van der Waals surface area contributed by atoms with Gasteiger partial charge in [0.1, 0.15) is 0 Å². The molecule has 1 aromatic carbocycles. The van der Waals surface area contributed by atoms with Gasteiger partial charge in [0.05, 0.1) is 28.5 Å². The maximum absolute atomic E-state index is 6.57. The molecule has 1 saturated heterocycles. The molecule has 1 N–H and O–H groups in total. The van der Waals surface area contributed by atoms with Gasteiger partial charge in [0.15, 0.2) is 5.11 Å². The number of rotatable bonds is 7. The third kappa shape index (κ3) is 4.40. The van der Waals surface area contributed by atoms with Crippen molar-refractivity contribution in [3.8, 4) is 5.69 Å². The van der Waals surface area contributed by atoms with Crippen molar-refractivity contribution in [3.63, 3.8) is 0 Å². The molecule has 0 aliphatic carbocycles. The molecule has 0 spiro atoms. The van der Waals surface area contributed by atoms with E-state index < -0.39 is 0 Å². The zero-order valence-electron chi connectivity index (χ0n) is 19.0. The number of aromatic nitrogens is 2. The average molecular weight is 468 g/mol. The predicted molar refractivity (Wildman–Crippen MR) is 136 cm³/mol. The number of aryl methyl sites for hydroxylation is 1. The molecule has 1 aliphatic heterocycles. The number of benzene rings is 1. The van der Waals surface area contributed by atoms with Gasteiger partial charge < -0.3 is 19.7 Å². The molecule has 4 rings (SSSR count). The molecule has 3 aromatic rings. The minimum atomic E-state index is -0.0109. The second-order valence-electron chi connectivity index (χ2n) is 8.59. The molecule has 0 bridgehead atoms. The number of thiocarbonyl (C=S) groups is 1. The molecule has 32 heavy (non-hydrogen) atoms. The first-order chi connectivity index (χ1) is 15.4. The summed E-state index contributed by atoms with van der Waals surface area (Å²) in [5, 5.41) is 5.08. The van der Waals surface area contributed by atoms with Crippen molar-refractivity contribution in [2.24, 2.45) is 0 Å². The highest BCUT2D eigenvalue weighted by atomic mass is 35.5. The Balaban J connectivity index is 1.78. The second kappa shape index (κ2) is 9.61. The Hall–Kier alpha value is -2.41. The molecular weight excluding hydrogens is 438 g/mol. The van der Waals surface area contributed by atoms with E-state index in [2.05, 4.69) is 70.8 Å². The summed E-state index contributed by atoms with van der Waals surface area (Å²) in [6, 6.07) is 16.4. The van der Waals surface area contributed by atoms with Gasteiger partial charge in [-0.2, -0.15) is 0 Å². The summed E-state index contributed by atoms with van der Waals surface area (Å²) in [6.45, 7) is 6.19. The van der Waals surface area contributed by atoms with Crippen molar-refractivity contribution < 1.29 is 0 Å². The lowest BCUT2D eigenvalue weighted by Gasteiger charge is -2.28. The SMILES string of the molecule is Cc1cc(C2C(c3ccccn3)NC(=S)N2CCCN(C)C)c(C)n1-c1ccccc1Cl. The fourth-order valence-corrected chi connectivity index (χ4v) is 5.19. The topological polar surface area (TPSA) is 36.3 Å². The summed E-state index contributed by atoms with van der Waals surface area (Å²) in [5.41, 5.74) is 5.56. The fourth-order valence-electron chi connectivity index (χ4n) is 4.63. The molecule has 3 heterocycles. The summed E-state index contributed by atoms with van der Waals surface area (Å²) in [4.78, 5) is 9.20. The molecule has 0 radical (unpaired) electrons. The van der Waals surface area contributed by atoms with Crippen LogP contribution in [0.2, 0.25) is 5.02 Å². The summed E-state index contributed by atoms with van der Waals surface area (Å²) in [7, 11) is 4.21. The fraction of sp³-hybridized carbons (Fsp3) is 0.360.